The molecule has 2 rings (SSSR count). The van der Waals surface area contributed by atoms with Gasteiger partial charge in [-0.3, -0.25) is 0 Å². The van der Waals surface area contributed by atoms with E-state index in [0.717, 1.165) is 5.56 Å². The quantitative estimate of drug-likeness (QED) is 0.746. The SMILES string of the molecule is CC(C)C(NC(=O)NCc1ccc(C(=O)O)cc1)c1nncn1C. The lowest BCUT2D eigenvalue weighted by Crippen LogP contribution is -2.40. The number of nitrogens with zero attached hydrogens (tertiary/aromatic N) is 3. The van der Waals surface area contributed by atoms with Crippen LogP contribution in [0.1, 0.15) is 41.6 Å². The topological polar surface area (TPSA) is 109 Å². The monoisotopic (exact) mass is 331 g/mol. The van der Waals surface area contributed by atoms with Gasteiger partial charge in [0, 0.05) is 13.6 Å². The number of amides is 2. The maximum absolute atomic E-state index is 12.1. The third-order valence-corrected chi connectivity index (χ3v) is 3.63. The molecule has 8 nitrogen and oxygen atoms in total. The van der Waals surface area contributed by atoms with E-state index in [0.29, 0.717) is 12.4 Å². The molecule has 1 aromatic heterocycles. The van der Waals surface area contributed by atoms with E-state index in [2.05, 4.69) is 20.8 Å². The molecule has 0 saturated heterocycles. The molecule has 0 radical (unpaired) electrons. The highest BCUT2D eigenvalue weighted by Crippen LogP contribution is 2.18. The Balaban J connectivity index is 1.94. The molecule has 1 aromatic carbocycles. The molecule has 24 heavy (non-hydrogen) atoms. The first-order chi connectivity index (χ1) is 11.4. The zero-order chi connectivity index (χ0) is 17.7. The van der Waals surface area contributed by atoms with E-state index >= 15 is 0 Å². The molecule has 0 spiro atoms. The van der Waals surface area contributed by atoms with E-state index in [-0.39, 0.29) is 23.6 Å². The van der Waals surface area contributed by atoms with E-state index in [9.17, 15) is 9.59 Å². The molecule has 8 heteroatoms. The van der Waals surface area contributed by atoms with Crippen LogP contribution in [-0.4, -0.2) is 31.9 Å². The fourth-order valence-electron chi connectivity index (χ4n) is 2.24. The van der Waals surface area contributed by atoms with Crippen molar-refractivity contribution in [2.45, 2.75) is 26.4 Å². The predicted octanol–water partition coefficient (Wildman–Crippen LogP) is 1.71. The fourth-order valence-corrected chi connectivity index (χ4v) is 2.24. The smallest absolute Gasteiger partial charge is 0.335 e. The first-order valence-corrected chi connectivity index (χ1v) is 7.59. The molecule has 0 aliphatic heterocycles. The Labute approximate surface area is 139 Å². The molecule has 2 aromatic rings. The normalized spacial score (nSPS) is 12.0. The number of aromatic carboxylic acids is 1. The standard InChI is InChI=1S/C16H21N5O3/c1-10(2)13(14-20-18-9-21(14)3)19-16(24)17-8-11-4-6-12(7-5-11)15(22)23/h4-7,9-10,13H,8H2,1-3H3,(H,22,23)(H2,17,19,24). The minimum absolute atomic E-state index is 0.147. The Morgan fingerprint density at radius 2 is 1.92 bits per heavy atom. The summed E-state index contributed by atoms with van der Waals surface area (Å²) in [6.07, 6.45) is 1.59. The van der Waals surface area contributed by atoms with Crippen LogP contribution in [0.4, 0.5) is 4.79 Å². The Bertz CT molecular complexity index is 709. The number of benzene rings is 1. The van der Waals surface area contributed by atoms with Crippen molar-refractivity contribution in [3.63, 3.8) is 0 Å². The second kappa shape index (κ2) is 7.58. The van der Waals surface area contributed by atoms with Gasteiger partial charge in [0.25, 0.3) is 0 Å². The molecular weight excluding hydrogens is 310 g/mol. The van der Waals surface area contributed by atoms with E-state index in [1.165, 1.54) is 12.1 Å². The molecular formula is C16H21N5O3. The van der Waals surface area contributed by atoms with Gasteiger partial charge in [0.05, 0.1) is 11.6 Å². The molecule has 0 fully saturated rings. The predicted molar refractivity (Wildman–Crippen MR) is 87.4 cm³/mol. The summed E-state index contributed by atoms with van der Waals surface area (Å²) in [4.78, 5) is 22.9. The van der Waals surface area contributed by atoms with Gasteiger partial charge in [-0.2, -0.15) is 0 Å². The Morgan fingerprint density at radius 3 is 2.42 bits per heavy atom. The maximum Gasteiger partial charge on any atom is 0.335 e. The molecule has 1 atom stereocenters. The van der Waals surface area contributed by atoms with Crippen molar-refractivity contribution in [2.75, 3.05) is 0 Å². The van der Waals surface area contributed by atoms with Crippen LogP contribution in [0.5, 0.6) is 0 Å². The Kier molecular flexibility index (Phi) is 5.51. The largest absolute Gasteiger partial charge is 0.478 e. The summed E-state index contributed by atoms with van der Waals surface area (Å²) >= 11 is 0. The number of hydrogen-bond donors (Lipinski definition) is 3. The molecule has 3 N–H and O–H groups in total. The molecule has 0 aliphatic carbocycles. The average Bonchev–Trinajstić information content (AvgIpc) is 2.96. The van der Waals surface area contributed by atoms with Crippen molar-refractivity contribution < 1.29 is 14.7 Å². The van der Waals surface area contributed by atoms with Crippen LogP contribution in [0, 0.1) is 5.92 Å². The number of carboxylic acids is 1. The number of urea groups is 1. The van der Waals surface area contributed by atoms with Crippen LogP contribution in [0.2, 0.25) is 0 Å². The van der Waals surface area contributed by atoms with Gasteiger partial charge in [0.2, 0.25) is 0 Å². The van der Waals surface area contributed by atoms with Gasteiger partial charge in [0.15, 0.2) is 5.82 Å². The summed E-state index contributed by atoms with van der Waals surface area (Å²) < 4.78 is 1.77. The zero-order valence-corrected chi connectivity index (χ0v) is 13.9. The minimum Gasteiger partial charge on any atom is -0.478 e. The van der Waals surface area contributed by atoms with Crippen LogP contribution in [0.25, 0.3) is 0 Å². The number of carbonyl (C=O) groups is 2. The highest BCUT2D eigenvalue weighted by atomic mass is 16.4. The van der Waals surface area contributed by atoms with Crippen molar-refractivity contribution in [2.24, 2.45) is 13.0 Å². The molecule has 1 heterocycles. The summed E-state index contributed by atoms with van der Waals surface area (Å²) in [5.41, 5.74) is 1.03. The van der Waals surface area contributed by atoms with Crippen molar-refractivity contribution in [1.29, 1.82) is 0 Å². The lowest BCUT2D eigenvalue weighted by molar-refractivity contribution is 0.0697. The summed E-state index contributed by atoms with van der Waals surface area (Å²) in [6.45, 7) is 4.28. The third kappa shape index (κ3) is 4.31. The van der Waals surface area contributed by atoms with Gasteiger partial charge >= 0.3 is 12.0 Å². The van der Waals surface area contributed by atoms with Gasteiger partial charge in [0.1, 0.15) is 6.33 Å². The van der Waals surface area contributed by atoms with Crippen molar-refractivity contribution >= 4 is 12.0 Å². The third-order valence-electron chi connectivity index (χ3n) is 3.63. The van der Waals surface area contributed by atoms with E-state index in [1.54, 1.807) is 23.0 Å². The number of carbonyl (C=O) groups excluding carboxylic acids is 1. The van der Waals surface area contributed by atoms with Gasteiger partial charge in [-0.05, 0) is 23.6 Å². The highest BCUT2D eigenvalue weighted by Gasteiger charge is 2.22. The van der Waals surface area contributed by atoms with Crippen LogP contribution >= 0.6 is 0 Å². The highest BCUT2D eigenvalue weighted by molar-refractivity contribution is 5.87. The Hall–Kier alpha value is -2.90. The summed E-state index contributed by atoms with van der Waals surface area (Å²) in [5, 5.41) is 22.4. The van der Waals surface area contributed by atoms with Crippen molar-refractivity contribution in [3.8, 4) is 0 Å². The van der Waals surface area contributed by atoms with Gasteiger partial charge < -0.3 is 20.3 Å². The van der Waals surface area contributed by atoms with Crippen LogP contribution in [0.15, 0.2) is 30.6 Å². The molecule has 0 bridgehead atoms. The molecule has 0 aliphatic rings. The van der Waals surface area contributed by atoms with E-state index in [1.807, 2.05) is 20.9 Å². The lowest BCUT2D eigenvalue weighted by Gasteiger charge is -2.21. The van der Waals surface area contributed by atoms with Gasteiger partial charge in [-0.25, -0.2) is 9.59 Å². The first kappa shape index (κ1) is 17.5. The van der Waals surface area contributed by atoms with Crippen molar-refractivity contribution in [1.82, 2.24) is 25.4 Å². The number of carboxylic acid groups (broad SMARTS) is 1. The second-order valence-electron chi connectivity index (χ2n) is 5.85. The van der Waals surface area contributed by atoms with Crippen LogP contribution < -0.4 is 10.6 Å². The molecule has 1 unspecified atom stereocenters. The number of aromatic nitrogens is 3. The van der Waals surface area contributed by atoms with Crippen LogP contribution in [0.3, 0.4) is 0 Å². The van der Waals surface area contributed by atoms with Gasteiger partial charge in [-0.1, -0.05) is 26.0 Å². The number of nitrogens with one attached hydrogen (secondary N) is 2. The summed E-state index contributed by atoms with van der Waals surface area (Å²) in [7, 11) is 1.83. The number of rotatable bonds is 6. The molecule has 128 valence electrons. The van der Waals surface area contributed by atoms with Crippen molar-refractivity contribution in [3.05, 3.63) is 47.5 Å². The Morgan fingerprint density at radius 1 is 1.25 bits per heavy atom. The minimum atomic E-state index is -0.976. The lowest BCUT2D eigenvalue weighted by atomic mass is 10.0. The van der Waals surface area contributed by atoms with E-state index < -0.39 is 5.97 Å². The molecule has 2 amide bonds. The maximum atomic E-state index is 12.1. The zero-order valence-electron chi connectivity index (χ0n) is 13.9. The average molecular weight is 331 g/mol. The molecule has 0 saturated carbocycles. The first-order valence-electron chi connectivity index (χ1n) is 7.59. The fraction of sp³-hybridized carbons (Fsp3) is 0.375. The summed E-state index contributed by atoms with van der Waals surface area (Å²) in [5.74, 6) is -0.143. The second-order valence-corrected chi connectivity index (χ2v) is 5.85. The number of aryl methyl sites for hydroxylation is 1. The van der Waals surface area contributed by atoms with Gasteiger partial charge in [-0.15, -0.1) is 10.2 Å². The summed E-state index contributed by atoms with van der Waals surface area (Å²) in [6, 6.07) is 5.78. The number of hydrogen-bond acceptors (Lipinski definition) is 4. The van der Waals surface area contributed by atoms with Crippen LogP contribution in [-0.2, 0) is 13.6 Å². The van der Waals surface area contributed by atoms with E-state index in [4.69, 9.17) is 5.11 Å².